The van der Waals surface area contributed by atoms with Crippen LogP contribution in [-0.2, 0) is 9.59 Å². The normalized spacial score (nSPS) is 23.7. The summed E-state index contributed by atoms with van der Waals surface area (Å²) in [5.74, 6) is -1.68. The third-order valence-corrected chi connectivity index (χ3v) is 7.35. The predicted octanol–water partition coefficient (Wildman–Crippen LogP) is 2.31. The quantitative estimate of drug-likeness (QED) is 0.649. The van der Waals surface area contributed by atoms with Crippen LogP contribution in [0.2, 0.25) is 0 Å². The van der Waals surface area contributed by atoms with Crippen LogP contribution in [0.25, 0.3) is 0 Å². The van der Waals surface area contributed by atoms with Gasteiger partial charge in [0, 0.05) is 20.0 Å². The molecule has 0 radical (unpaired) electrons. The molecule has 1 aromatic carbocycles. The fourth-order valence-electron chi connectivity index (χ4n) is 5.76. The Kier molecular flexibility index (Phi) is 5.97. The molecule has 2 unspecified atom stereocenters. The van der Waals surface area contributed by atoms with Gasteiger partial charge in [-0.2, -0.15) is 5.26 Å². The topological polar surface area (TPSA) is 135 Å². The first-order valence-corrected chi connectivity index (χ1v) is 11.2. The number of hydrogen-bond donors (Lipinski definition) is 1. The van der Waals surface area contributed by atoms with Gasteiger partial charge in [0.1, 0.15) is 6.07 Å². The van der Waals surface area contributed by atoms with Gasteiger partial charge < -0.3 is 19.9 Å². The minimum Gasteiger partial charge on any atom is -0.493 e. The smallest absolute Gasteiger partial charge is 0.332 e. The number of nitrogens with two attached hydrogens (primary N) is 1. The van der Waals surface area contributed by atoms with E-state index in [0.717, 1.165) is 22.6 Å². The molecule has 1 saturated heterocycles. The number of carbonyl (C=O) groups is 3. The van der Waals surface area contributed by atoms with E-state index in [4.69, 9.17) is 19.9 Å². The standard InChI is InChI=1S/C25H28N4O6/c1-28-22(30)25(23(31)29(2)24(28)32)19(13-10-17(33-3)20(35-5)18(11-13)34-4)15-9-7-6-8-14(15)16(12-26)21(25)27/h8,10-11,15,19H,6-7,9,27H2,1-5H3. The minimum atomic E-state index is -1.99. The number of rotatable bonds is 4. The number of carbonyl (C=O) groups excluding carboxylic acids is 3. The lowest BCUT2D eigenvalue weighted by Crippen LogP contribution is -2.68. The third-order valence-electron chi connectivity index (χ3n) is 7.35. The van der Waals surface area contributed by atoms with Gasteiger partial charge in [-0.25, -0.2) is 4.79 Å². The van der Waals surface area contributed by atoms with Gasteiger partial charge >= 0.3 is 6.03 Å². The van der Waals surface area contributed by atoms with Crippen LogP contribution in [0.15, 0.2) is 35.1 Å². The third kappa shape index (κ3) is 3.11. The number of fused-ring (bicyclic) bond motifs is 1. The van der Waals surface area contributed by atoms with Crippen molar-refractivity contribution in [2.24, 2.45) is 17.1 Å². The van der Waals surface area contributed by atoms with Crippen LogP contribution >= 0.6 is 0 Å². The predicted molar refractivity (Wildman–Crippen MR) is 124 cm³/mol. The molecule has 1 fully saturated rings. The van der Waals surface area contributed by atoms with Crippen LogP contribution in [0.4, 0.5) is 4.79 Å². The van der Waals surface area contributed by atoms with E-state index in [9.17, 15) is 19.6 Å². The lowest BCUT2D eigenvalue weighted by Gasteiger charge is -2.52. The molecule has 10 nitrogen and oxygen atoms in total. The largest absolute Gasteiger partial charge is 0.493 e. The molecule has 0 aromatic heterocycles. The van der Waals surface area contributed by atoms with E-state index < -0.39 is 29.2 Å². The van der Waals surface area contributed by atoms with Crippen molar-refractivity contribution in [2.75, 3.05) is 35.4 Å². The summed E-state index contributed by atoms with van der Waals surface area (Å²) in [6, 6.07) is 4.77. The maximum Gasteiger partial charge on any atom is 0.332 e. The molecule has 0 bridgehead atoms. The Morgan fingerprint density at radius 2 is 1.60 bits per heavy atom. The van der Waals surface area contributed by atoms with Gasteiger partial charge in [-0.1, -0.05) is 6.08 Å². The first-order chi connectivity index (χ1) is 16.7. The van der Waals surface area contributed by atoms with Gasteiger partial charge in [0.25, 0.3) is 11.8 Å². The molecule has 1 spiro atoms. The number of hydrogen-bond acceptors (Lipinski definition) is 8. The molecule has 3 aliphatic rings. The lowest BCUT2D eigenvalue weighted by atomic mass is 9.54. The van der Waals surface area contributed by atoms with Crippen LogP contribution in [0.1, 0.15) is 30.7 Å². The Morgan fingerprint density at radius 1 is 1.03 bits per heavy atom. The summed E-state index contributed by atoms with van der Waals surface area (Å²) < 4.78 is 16.5. The van der Waals surface area contributed by atoms with Crippen LogP contribution in [0.3, 0.4) is 0 Å². The number of barbiturate groups is 1. The van der Waals surface area contributed by atoms with Crippen LogP contribution in [-0.4, -0.2) is 63.1 Å². The van der Waals surface area contributed by atoms with Crippen molar-refractivity contribution in [1.29, 1.82) is 5.26 Å². The average molecular weight is 481 g/mol. The van der Waals surface area contributed by atoms with E-state index in [1.165, 1.54) is 35.4 Å². The van der Waals surface area contributed by atoms with Crippen molar-refractivity contribution in [2.45, 2.75) is 25.2 Å². The Morgan fingerprint density at radius 3 is 2.09 bits per heavy atom. The highest BCUT2D eigenvalue weighted by Gasteiger charge is 2.66. The van der Waals surface area contributed by atoms with Crippen LogP contribution < -0.4 is 19.9 Å². The number of allylic oxidation sites excluding steroid dienone is 3. The Labute approximate surface area is 203 Å². The monoisotopic (exact) mass is 480 g/mol. The van der Waals surface area contributed by atoms with Crippen molar-refractivity contribution in [3.63, 3.8) is 0 Å². The van der Waals surface area contributed by atoms with Gasteiger partial charge in [-0.3, -0.25) is 19.4 Å². The highest BCUT2D eigenvalue weighted by atomic mass is 16.5. The minimum absolute atomic E-state index is 0.122. The molecule has 0 saturated carbocycles. The molecule has 1 aliphatic heterocycles. The van der Waals surface area contributed by atoms with Crippen molar-refractivity contribution >= 4 is 17.8 Å². The summed E-state index contributed by atoms with van der Waals surface area (Å²) in [6.45, 7) is 0. The summed E-state index contributed by atoms with van der Waals surface area (Å²) in [4.78, 5) is 42.4. The molecule has 4 amide bonds. The second kappa shape index (κ2) is 8.65. The molecule has 184 valence electrons. The lowest BCUT2D eigenvalue weighted by molar-refractivity contribution is -0.157. The van der Waals surface area contributed by atoms with Crippen molar-refractivity contribution in [1.82, 2.24) is 9.80 Å². The summed E-state index contributed by atoms with van der Waals surface area (Å²) in [7, 11) is 7.06. The Bertz CT molecular complexity index is 1180. The van der Waals surface area contributed by atoms with Gasteiger partial charge in [0.2, 0.25) is 5.75 Å². The fourth-order valence-corrected chi connectivity index (χ4v) is 5.76. The Hall–Kier alpha value is -4.00. The molecule has 4 rings (SSSR count). The molecule has 35 heavy (non-hydrogen) atoms. The molecule has 2 N–H and O–H groups in total. The molecular weight excluding hydrogens is 452 g/mol. The summed E-state index contributed by atoms with van der Waals surface area (Å²) in [5.41, 5.74) is 5.85. The summed E-state index contributed by atoms with van der Waals surface area (Å²) in [6.07, 6.45) is 4.12. The molecular formula is C25H28N4O6. The zero-order chi connectivity index (χ0) is 25.7. The molecule has 2 aliphatic carbocycles. The number of methoxy groups -OCH3 is 3. The number of nitriles is 1. The molecule has 2 atom stereocenters. The number of nitrogens with zero attached hydrogens (tertiary/aromatic N) is 3. The van der Waals surface area contributed by atoms with E-state index >= 15 is 0 Å². The number of urea groups is 1. The van der Waals surface area contributed by atoms with Crippen LogP contribution in [0, 0.1) is 22.7 Å². The molecule has 1 heterocycles. The van der Waals surface area contributed by atoms with Crippen LogP contribution in [0.5, 0.6) is 17.2 Å². The van der Waals surface area contributed by atoms with Crippen molar-refractivity contribution in [3.05, 3.63) is 40.6 Å². The second-order valence-electron chi connectivity index (χ2n) is 8.85. The van der Waals surface area contributed by atoms with E-state index in [2.05, 4.69) is 6.07 Å². The summed E-state index contributed by atoms with van der Waals surface area (Å²) in [5, 5.41) is 10.1. The van der Waals surface area contributed by atoms with E-state index in [0.29, 0.717) is 34.8 Å². The summed E-state index contributed by atoms with van der Waals surface area (Å²) >= 11 is 0. The highest BCUT2D eigenvalue weighted by molar-refractivity contribution is 6.21. The molecule has 1 aromatic rings. The van der Waals surface area contributed by atoms with Crippen molar-refractivity contribution < 1.29 is 28.6 Å². The maximum absolute atomic E-state index is 14.0. The zero-order valence-electron chi connectivity index (χ0n) is 20.4. The van der Waals surface area contributed by atoms with Gasteiger partial charge in [0.05, 0.1) is 32.6 Å². The van der Waals surface area contributed by atoms with E-state index in [1.807, 2.05) is 6.08 Å². The average Bonchev–Trinajstić information content (AvgIpc) is 2.88. The highest BCUT2D eigenvalue weighted by Crippen LogP contribution is 2.59. The first-order valence-electron chi connectivity index (χ1n) is 11.2. The fraction of sp³-hybridized carbons (Fsp3) is 0.440. The van der Waals surface area contributed by atoms with Gasteiger partial charge in [-0.05, 0) is 48.4 Å². The van der Waals surface area contributed by atoms with Gasteiger partial charge in [0.15, 0.2) is 16.9 Å². The number of imide groups is 2. The van der Waals surface area contributed by atoms with Gasteiger partial charge in [-0.15, -0.1) is 0 Å². The first kappa shape index (κ1) is 24.1. The van der Waals surface area contributed by atoms with E-state index in [1.54, 1.807) is 12.1 Å². The second-order valence-corrected chi connectivity index (χ2v) is 8.85. The maximum atomic E-state index is 14.0. The molecule has 10 heteroatoms. The number of benzene rings is 1. The SMILES string of the molecule is COc1cc(C2C3CCCC=C3C(C#N)=C(N)C23C(=O)N(C)C(=O)N(C)C3=O)cc(OC)c1OC. The Balaban J connectivity index is 2.13. The number of ether oxygens (including phenoxy) is 3. The zero-order valence-corrected chi connectivity index (χ0v) is 20.4. The van der Waals surface area contributed by atoms with E-state index in [-0.39, 0.29) is 17.2 Å². The number of amides is 4. The van der Waals surface area contributed by atoms with Crippen molar-refractivity contribution in [3.8, 4) is 23.3 Å².